The number of carbonyl (C=O) groups is 3. The number of ketones is 1. The summed E-state index contributed by atoms with van der Waals surface area (Å²) in [6.45, 7) is 1.63. The summed E-state index contributed by atoms with van der Waals surface area (Å²) < 4.78 is 16.8. The highest BCUT2D eigenvalue weighted by Gasteiger charge is 2.30. The van der Waals surface area contributed by atoms with Crippen LogP contribution in [0.15, 0.2) is 52.9 Å². The van der Waals surface area contributed by atoms with Gasteiger partial charge in [-0.1, -0.05) is 30.3 Å². The van der Waals surface area contributed by atoms with Gasteiger partial charge in [-0.3, -0.25) is 9.20 Å². The van der Waals surface area contributed by atoms with Crippen LogP contribution in [0, 0.1) is 18.3 Å². The summed E-state index contributed by atoms with van der Waals surface area (Å²) in [6, 6.07) is 14.9. The van der Waals surface area contributed by atoms with Crippen LogP contribution < -0.4 is 5.73 Å². The lowest BCUT2D eigenvalue weighted by atomic mass is 9.97. The predicted molar refractivity (Wildman–Crippen MR) is 122 cm³/mol. The van der Waals surface area contributed by atoms with Crippen LogP contribution in [0.3, 0.4) is 0 Å². The maximum atomic E-state index is 13.2. The largest absolute Gasteiger partial charge is 0.465 e. The number of anilines is 1. The summed E-state index contributed by atoms with van der Waals surface area (Å²) in [4.78, 5) is 38.0. The maximum Gasteiger partial charge on any atom is 0.373 e. The van der Waals surface area contributed by atoms with Crippen LogP contribution in [0.1, 0.15) is 48.1 Å². The van der Waals surface area contributed by atoms with Gasteiger partial charge in [-0.25, -0.2) is 9.59 Å². The molecule has 1 aromatic carbocycles. The van der Waals surface area contributed by atoms with Gasteiger partial charge in [0.05, 0.1) is 42.0 Å². The molecule has 0 fully saturated rings. The lowest BCUT2D eigenvalue weighted by molar-refractivity contribution is 0.0565. The van der Waals surface area contributed by atoms with Crippen LogP contribution in [0.5, 0.6) is 0 Å². The van der Waals surface area contributed by atoms with Gasteiger partial charge >= 0.3 is 11.9 Å². The van der Waals surface area contributed by atoms with E-state index in [2.05, 4.69) is 10.8 Å². The standard InChI is InChI=1S/C25H19N3O6/c1-13-16(12-26)20(18-9-10-19(34-18)24(30)32-2)21(25(31)33-3)17-11-15(23(27)28(13)17)22(29)14-7-5-4-6-8-14/h4-11H,27H2,1-3H3. The van der Waals surface area contributed by atoms with Gasteiger partial charge in [0, 0.05) is 11.3 Å². The Morgan fingerprint density at radius 3 is 2.32 bits per heavy atom. The molecular weight excluding hydrogens is 438 g/mol. The first-order valence-corrected chi connectivity index (χ1v) is 10.1. The number of methoxy groups -OCH3 is 2. The zero-order chi connectivity index (χ0) is 24.6. The van der Waals surface area contributed by atoms with Crippen molar-refractivity contribution >= 4 is 29.1 Å². The quantitative estimate of drug-likeness (QED) is 0.353. The Morgan fingerprint density at radius 1 is 1.03 bits per heavy atom. The summed E-state index contributed by atoms with van der Waals surface area (Å²) in [5, 5.41) is 9.99. The molecular formula is C25H19N3O6. The molecule has 3 aromatic heterocycles. The number of furan rings is 1. The third kappa shape index (κ3) is 3.38. The lowest BCUT2D eigenvalue weighted by Crippen LogP contribution is -2.12. The highest BCUT2D eigenvalue weighted by atomic mass is 16.5. The number of fused-ring (bicyclic) bond motifs is 1. The minimum Gasteiger partial charge on any atom is -0.465 e. The van der Waals surface area contributed by atoms with E-state index in [1.807, 2.05) is 0 Å². The molecule has 2 N–H and O–H groups in total. The number of nitrogen functional groups attached to an aromatic ring is 1. The van der Waals surface area contributed by atoms with Crippen LogP contribution in [0.25, 0.3) is 16.8 Å². The van der Waals surface area contributed by atoms with Gasteiger partial charge in [-0.05, 0) is 25.1 Å². The fourth-order valence-corrected chi connectivity index (χ4v) is 3.92. The van der Waals surface area contributed by atoms with Crippen LogP contribution in [-0.4, -0.2) is 36.3 Å². The van der Waals surface area contributed by atoms with E-state index in [1.54, 1.807) is 37.3 Å². The SMILES string of the molecule is COC(=O)c1ccc(-c2c(C#N)c(C)n3c(N)c(C(=O)c4ccccc4)cc3c2C(=O)OC)o1. The molecule has 3 heterocycles. The second kappa shape index (κ2) is 8.60. The number of nitriles is 1. The maximum absolute atomic E-state index is 13.2. The van der Waals surface area contributed by atoms with E-state index in [0.717, 1.165) is 0 Å². The number of nitrogens with two attached hydrogens (primary N) is 1. The number of hydrogen-bond donors (Lipinski definition) is 1. The fraction of sp³-hybridized carbons (Fsp3) is 0.120. The molecule has 9 nitrogen and oxygen atoms in total. The number of hydrogen-bond acceptors (Lipinski definition) is 8. The van der Waals surface area contributed by atoms with Crippen LogP contribution in [-0.2, 0) is 9.47 Å². The first-order valence-electron chi connectivity index (χ1n) is 10.1. The number of nitrogens with zero attached hydrogens (tertiary/aromatic N) is 2. The van der Waals surface area contributed by atoms with Gasteiger partial charge < -0.3 is 19.6 Å². The normalized spacial score (nSPS) is 10.6. The molecule has 0 spiro atoms. The van der Waals surface area contributed by atoms with Crippen molar-refractivity contribution in [2.24, 2.45) is 0 Å². The number of aromatic nitrogens is 1. The highest BCUT2D eigenvalue weighted by Crippen LogP contribution is 2.37. The predicted octanol–water partition coefficient (Wildman–Crippen LogP) is 3.77. The van der Waals surface area contributed by atoms with Crippen molar-refractivity contribution in [3.05, 3.63) is 82.2 Å². The van der Waals surface area contributed by atoms with E-state index in [0.29, 0.717) is 11.3 Å². The average Bonchev–Trinajstić information content (AvgIpc) is 3.48. The molecule has 4 aromatic rings. The Bertz CT molecular complexity index is 1510. The molecule has 0 unspecified atom stereocenters. The summed E-state index contributed by atoms with van der Waals surface area (Å²) in [6.07, 6.45) is 0. The molecule has 4 rings (SSSR count). The van der Waals surface area contributed by atoms with Crippen molar-refractivity contribution in [1.82, 2.24) is 4.40 Å². The monoisotopic (exact) mass is 457 g/mol. The van der Waals surface area contributed by atoms with E-state index in [4.69, 9.17) is 14.9 Å². The van der Waals surface area contributed by atoms with Gasteiger partial charge in [0.1, 0.15) is 17.6 Å². The van der Waals surface area contributed by atoms with Gasteiger partial charge in [0.25, 0.3) is 0 Å². The van der Waals surface area contributed by atoms with Crippen LogP contribution in [0.2, 0.25) is 0 Å². The third-order valence-corrected chi connectivity index (χ3v) is 5.51. The molecule has 0 aliphatic rings. The van der Waals surface area contributed by atoms with E-state index in [1.165, 1.54) is 36.8 Å². The minimum absolute atomic E-state index is 0.0331. The average molecular weight is 457 g/mol. The Morgan fingerprint density at radius 2 is 1.71 bits per heavy atom. The van der Waals surface area contributed by atoms with E-state index in [9.17, 15) is 19.6 Å². The summed E-state index contributed by atoms with van der Waals surface area (Å²) in [7, 11) is 2.40. The first-order chi connectivity index (χ1) is 16.3. The molecule has 0 saturated carbocycles. The van der Waals surface area contributed by atoms with Gasteiger partial charge in [0.2, 0.25) is 5.76 Å². The first kappa shape index (κ1) is 22.4. The third-order valence-electron chi connectivity index (χ3n) is 5.51. The molecule has 0 aliphatic heterocycles. The van der Waals surface area contributed by atoms with E-state index >= 15 is 0 Å². The Balaban J connectivity index is 2.08. The Kier molecular flexibility index (Phi) is 5.65. The molecule has 9 heteroatoms. The van der Waals surface area contributed by atoms with Crippen LogP contribution >= 0.6 is 0 Å². The number of benzene rings is 1. The van der Waals surface area contributed by atoms with Gasteiger partial charge in [-0.2, -0.15) is 5.26 Å². The van der Waals surface area contributed by atoms with Crippen molar-refractivity contribution < 1.29 is 28.3 Å². The lowest BCUT2D eigenvalue weighted by Gasteiger charge is -2.15. The van der Waals surface area contributed by atoms with Crippen molar-refractivity contribution in [3.63, 3.8) is 0 Å². The van der Waals surface area contributed by atoms with Crippen LogP contribution in [0.4, 0.5) is 5.82 Å². The zero-order valence-electron chi connectivity index (χ0n) is 18.5. The fourth-order valence-electron chi connectivity index (χ4n) is 3.92. The molecule has 34 heavy (non-hydrogen) atoms. The summed E-state index contributed by atoms with van der Waals surface area (Å²) in [5.41, 5.74) is 7.72. The highest BCUT2D eigenvalue weighted by molar-refractivity contribution is 6.15. The molecule has 0 aliphatic carbocycles. The van der Waals surface area contributed by atoms with Crippen molar-refractivity contribution in [3.8, 4) is 17.4 Å². The Hall–Kier alpha value is -4.84. The number of aryl methyl sites for hydroxylation is 1. The number of rotatable bonds is 5. The molecule has 0 saturated heterocycles. The van der Waals surface area contributed by atoms with Gasteiger partial charge in [-0.15, -0.1) is 0 Å². The minimum atomic E-state index is -0.774. The summed E-state index contributed by atoms with van der Waals surface area (Å²) >= 11 is 0. The number of carbonyl (C=O) groups excluding carboxylic acids is 3. The van der Waals surface area contributed by atoms with Crippen molar-refractivity contribution in [1.29, 1.82) is 5.26 Å². The van der Waals surface area contributed by atoms with Crippen molar-refractivity contribution in [2.45, 2.75) is 6.92 Å². The molecule has 0 bridgehead atoms. The Labute approximate surface area is 193 Å². The van der Waals surface area contributed by atoms with E-state index in [-0.39, 0.29) is 50.9 Å². The second-order valence-electron chi connectivity index (χ2n) is 7.33. The molecule has 0 radical (unpaired) electrons. The van der Waals surface area contributed by atoms with Crippen molar-refractivity contribution in [2.75, 3.05) is 20.0 Å². The topological polar surface area (TPSA) is 137 Å². The van der Waals surface area contributed by atoms with E-state index < -0.39 is 11.9 Å². The summed E-state index contributed by atoms with van der Waals surface area (Å²) in [5.74, 6) is -1.79. The molecule has 170 valence electrons. The zero-order valence-corrected chi connectivity index (χ0v) is 18.5. The molecule has 0 amide bonds. The number of ether oxygens (including phenoxy) is 2. The second-order valence-corrected chi connectivity index (χ2v) is 7.33. The molecule has 0 atom stereocenters. The number of esters is 2. The smallest absolute Gasteiger partial charge is 0.373 e. The number of pyridine rings is 1. The van der Waals surface area contributed by atoms with Gasteiger partial charge in [0.15, 0.2) is 5.78 Å².